The highest BCUT2D eigenvalue weighted by Gasteiger charge is 2.27. The Morgan fingerprint density at radius 2 is 1.03 bits per heavy atom. The second-order valence-electron chi connectivity index (χ2n) is 15.6. The molecular formula is C48H46F2N12O2. The number of hydrogen-bond donors (Lipinski definition) is 0. The van der Waals surface area contributed by atoms with Crippen molar-refractivity contribution in [3.05, 3.63) is 167 Å². The first kappa shape index (κ1) is 41.7. The van der Waals surface area contributed by atoms with Crippen molar-refractivity contribution in [1.29, 1.82) is 0 Å². The van der Waals surface area contributed by atoms with Gasteiger partial charge in [0.25, 0.3) is 0 Å². The van der Waals surface area contributed by atoms with E-state index in [-0.39, 0.29) is 23.5 Å². The highest BCUT2D eigenvalue weighted by atomic mass is 19.1. The summed E-state index contributed by atoms with van der Waals surface area (Å²) in [6.07, 6.45) is 18.6. The van der Waals surface area contributed by atoms with Gasteiger partial charge < -0.3 is 18.6 Å². The van der Waals surface area contributed by atoms with Gasteiger partial charge in [-0.05, 0) is 123 Å². The van der Waals surface area contributed by atoms with Gasteiger partial charge in [0.15, 0.2) is 11.6 Å². The molecule has 2 atom stereocenters. The van der Waals surface area contributed by atoms with Crippen LogP contribution in [0.15, 0.2) is 97.8 Å². The maximum absolute atomic E-state index is 13.7. The normalized spacial score (nSPS) is 15.8. The van der Waals surface area contributed by atoms with E-state index < -0.39 is 0 Å². The Morgan fingerprint density at radius 3 is 1.42 bits per heavy atom. The van der Waals surface area contributed by atoms with Gasteiger partial charge in [-0.15, -0.1) is 0 Å². The number of benzene rings is 2. The van der Waals surface area contributed by atoms with E-state index in [1.165, 1.54) is 12.1 Å². The third kappa shape index (κ3) is 9.12. The SMILES string of the molecule is COc1nc(/C=C/c2nc3n(n2)CCC[C@@H]3c2cccc(F)c2)ccc1-n1cnc(C)c1.COc1nc(/C=C/c2nc3n(n2)CCC[C@H]3c2cccc(F)c2)ccc1-n1cnc(C)c1. The number of hydrogen-bond acceptors (Lipinski definition) is 10. The molecule has 0 radical (unpaired) electrons. The van der Waals surface area contributed by atoms with E-state index in [4.69, 9.17) is 19.4 Å². The largest absolute Gasteiger partial charge is 0.479 e. The summed E-state index contributed by atoms with van der Waals surface area (Å²) in [6.45, 7) is 5.49. The molecule has 8 aromatic rings. The van der Waals surface area contributed by atoms with Gasteiger partial charge in [-0.25, -0.2) is 48.0 Å². The summed E-state index contributed by atoms with van der Waals surface area (Å²) in [5.74, 6) is 3.62. The first-order valence-electron chi connectivity index (χ1n) is 21.1. The summed E-state index contributed by atoms with van der Waals surface area (Å²) >= 11 is 0. The molecule has 0 amide bonds. The fourth-order valence-corrected chi connectivity index (χ4v) is 8.16. The van der Waals surface area contributed by atoms with E-state index in [1.54, 1.807) is 51.1 Å². The molecule has 2 aliphatic rings. The Morgan fingerprint density at radius 1 is 0.578 bits per heavy atom. The van der Waals surface area contributed by atoms with Crippen LogP contribution in [0.1, 0.15) is 94.7 Å². The third-order valence-electron chi connectivity index (χ3n) is 11.2. The Kier molecular flexibility index (Phi) is 12.0. The second kappa shape index (κ2) is 18.4. The van der Waals surface area contributed by atoms with Crippen molar-refractivity contribution in [3.8, 4) is 23.1 Å². The van der Waals surface area contributed by atoms with E-state index >= 15 is 0 Å². The number of aromatic nitrogens is 12. The van der Waals surface area contributed by atoms with Crippen molar-refractivity contribution in [3.63, 3.8) is 0 Å². The molecule has 2 aliphatic heterocycles. The number of fused-ring (bicyclic) bond motifs is 2. The summed E-state index contributed by atoms with van der Waals surface area (Å²) in [7, 11) is 3.20. The minimum absolute atomic E-state index is 0.0465. The lowest BCUT2D eigenvalue weighted by atomic mass is 9.91. The van der Waals surface area contributed by atoms with Crippen LogP contribution in [0.5, 0.6) is 11.8 Å². The zero-order chi connectivity index (χ0) is 44.2. The van der Waals surface area contributed by atoms with Gasteiger partial charge in [0.1, 0.15) is 34.7 Å². The summed E-state index contributed by atoms with van der Waals surface area (Å²) in [5, 5.41) is 9.26. The summed E-state index contributed by atoms with van der Waals surface area (Å²) < 4.78 is 46.1. The first-order valence-corrected chi connectivity index (χ1v) is 21.1. The van der Waals surface area contributed by atoms with Gasteiger partial charge in [0, 0.05) is 37.3 Å². The highest BCUT2D eigenvalue weighted by Crippen LogP contribution is 2.34. The van der Waals surface area contributed by atoms with E-state index in [9.17, 15) is 8.78 Å². The molecule has 0 saturated heterocycles. The highest BCUT2D eigenvalue weighted by molar-refractivity contribution is 5.67. The van der Waals surface area contributed by atoms with Crippen molar-refractivity contribution in [2.24, 2.45) is 0 Å². The summed E-state index contributed by atoms with van der Waals surface area (Å²) in [4.78, 5) is 27.2. The minimum atomic E-state index is -0.228. The number of rotatable bonds is 10. The predicted molar refractivity (Wildman–Crippen MR) is 238 cm³/mol. The Labute approximate surface area is 368 Å². The van der Waals surface area contributed by atoms with Crippen LogP contribution in [0.25, 0.3) is 35.7 Å². The van der Waals surface area contributed by atoms with Crippen molar-refractivity contribution in [2.75, 3.05) is 14.2 Å². The van der Waals surface area contributed by atoms with Crippen LogP contribution in [-0.2, 0) is 13.1 Å². The fraction of sp³-hybridized carbons (Fsp3) is 0.250. The van der Waals surface area contributed by atoms with E-state index in [0.29, 0.717) is 23.4 Å². The molecule has 0 N–H and O–H groups in total. The van der Waals surface area contributed by atoms with Crippen LogP contribution in [-0.4, -0.2) is 72.8 Å². The molecule has 0 saturated carbocycles. The van der Waals surface area contributed by atoms with Gasteiger partial charge in [-0.3, -0.25) is 0 Å². The molecule has 8 heterocycles. The van der Waals surface area contributed by atoms with Gasteiger partial charge in [-0.1, -0.05) is 24.3 Å². The maximum atomic E-state index is 13.7. The molecule has 14 nitrogen and oxygen atoms in total. The number of ether oxygens (including phenoxy) is 2. The molecule has 324 valence electrons. The standard InChI is InChI=1S/2C24H23FN6O/c2*1-16-14-30(15-26-16)21-10-8-19(27-24(21)32-2)9-11-22-28-23-20(7-4-12-31(23)29-22)17-5-3-6-18(25)13-17/h2*3,5-6,8-11,13-15,20H,4,7,12H2,1-2H3/b2*11-9+/t2*20-/m10/s1. The average Bonchev–Trinajstić information content (AvgIpc) is 4.14. The summed E-state index contributed by atoms with van der Waals surface area (Å²) in [5.41, 5.74) is 6.81. The number of pyridine rings is 2. The molecule has 16 heteroatoms. The van der Waals surface area contributed by atoms with Crippen LogP contribution in [0.3, 0.4) is 0 Å². The number of nitrogens with zero attached hydrogens (tertiary/aromatic N) is 12. The van der Waals surface area contributed by atoms with Gasteiger partial charge in [0.2, 0.25) is 11.8 Å². The molecule has 2 aromatic carbocycles. The number of methoxy groups -OCH3 is 2. The lowest BCUT2D eigenvalue weighted by Crippen LogP contribution is -2.18. The average molecular weight is 861 g/mol. The smallest absolute Gasteiger partial charge is 0.238 e. The van der Waals surface area contributed by atoms with E-state index in [1.807, 2.05) is 105 Å². The molecule has 6 aromatic heterocycles. The molecule has 64 heavy (non-hydrogen) atoms. The Hall–Kier alpha value is -7.62. The van der Waals surface area contributed by atoms with Gasteiger partial charge >= 0.3 is 0 Å². The van der Waals surface area contributed by atoms with Crippen LogP contribution < -0.4 is 9.47 Å². The first-order chi connectivity index (χ1) is 31.2. The van der Waals surface area contributed by atoms with Crippen molar-refractivity contribution >= 4 is 24.3 Å². The van der Waals surface area contributed by atoms with E-state index in [0.717, 1.165) is 95.7 Å². The van der Waals surface area contributed by atoms with E-state index in [2.05, 4.69) is 30.1 Å². The number of halogens is 2. The molecule has 0 spiro atoms. The lowest BCUT2D eigenvalue weighted by molar-refractivity contribution is 0.395. The number of imidazole rings is 2. The van der Waals surface area contributed by atoms with Crippen LogP contribution in [0.2, 0.25) is 0 Å². The molecule has 0 aliphatic carbocycles. The second-order valence-corrected chi connectivity index (χ2v) is 15.6. The molecule has 0 fully saturated rings. The molecule has 0 unspecified atom stereocenters. The quantitative estimate of drug-likeness (QED) is 0.131. The van der Waals surface area contributed by atoms with Crippen LogP contribution in [0.4, 0.5) is 8.78 Å². The topological polar surface area (TPSA) is 141 Å². The summed E-state index contributed by atoms with van der Waals surface area (Å²) in [6, 6.07) is 21.2. The Bertz CT molecular complexity index is 2780. The number of aryl methyl sites for hydroxylation is 4. The molecular weight excluding hydrogens is 815 g/mol. The van der Waals surface area contributed by atoms with Crippen molar-refractivity contribution < 1.29 is 18.3 Å². The lowest BCUT2D eigenvalue weighted by Gasteiger charge is -2.22. The fourth-order valence-electron chi connectivity index (χ4n) is 8.16. The van der Waals surface area contributed by atoms with Crippen LogP contribution >= 0.6 is 0 Å². The zero-order valence-electron chi connectivity index (χ0n) is 35.9. The molecule has 0 bridgehead atoms. The van der Waals surface area contributed by atoms with Crippen molar-refractivity contribution in [2.45, 2.75) is 64.5 Å². The Balaban J connectivity index is 0.000000162. The monoisotopic (exact) mass is 860 g/mol. The van der Waals surface area contributed by atoms with Crippen molar-refractivity contribution in [1.82, 2.24) is 58.6 Å². The van der Waals surface area contributed by atoms with Gasteiger partial charge in [0.05, 0.1) is 49.6 Å². The van der Waals surface area contributed by atoms with Crippen LogP contribution in [0, 0.1) is 25.5 Å². The zero-order valence-corrected chi connectivity index (χ0v) is 35.9. The maximum Gasteiger partial charge on any atom is 0.238 e. The van der Waals surface area contributed by atoms with Gasteiger partial charge in [-0.2, -0.15) is 10.2 Å². The minimum Gasteiger partial charge on any atom is -0.479 e. The molecule has 10 rings (SSSR count). The third-order valence-corrected chi connectivity index (χ3v) is 11.2. The predicted octanol–water partition coefficient (Wildman–Crippen LogP) is 8.82.